The summed E-state index contributed by atoms with van der Waals surface area (Å²) < 4.78 is 22.5. The van der Waals surface area contributed by atoms with Crippen LogP contribution in [0.5, 0.6) is 11.5 Å². The summed E-state index contributed by atoms with van der Waals surface area (Å²) in [4.78, 5) is 77.7. The molecule has 0 saturated carbocycles. The molecule has 1 spiro atoms. The molecule has 55 heavy (non-hydrogen) atoms. The number of carboxylic acids is 1. The molecule has 1 saturated heterocycles. The lowest BCUT2D eigenvalue weighted by Crippen LogP contribution is -2.40. The second-order valence-corrected chi connectivity index (χ2v) is 14.4. The molecule has 4 aliphatic rings. The number of carbonyl (C=O) groups excluding carboxylic acids is 5. The number of fused-ring (bicyclic) bond motifs is 15. The van der Waals surface area contributed by atoms with E-state index in [1.165, 1.54) is 40.0 Å². The van der Waals surface area contributed by atoms with E-state index in [4.69, 9.17) is 24.1 Å². The minimum atomic E-state index is -2.29. The van der Waals surface area contributed by atoms with Crippen LogP contribution >= 0.6 is 0 Å². The third-order valence-electron chi connectivity index (χ3n) is 9.97. The normalized spacial score (nSPS) is 28.7. The van der Waals surface area contributed by atoms with E-state index in [9.17, 15) is 44.1 Å². The van der Waals surface area contributed by atoms with Crippen LogP contribution < -0.4 is 5.32 Å². The Morgan fingerprint density at radius 3 is 2.35 bits per heavy atom. The molecular weight excluding hydrogens is 718 g/mol. The average Bonchev–Trinajstić information content (AvgIpc) is 3.50. The minimum absolute atomic E-state index is 0.0945. The Morgan fingerprint density at radius 1 is 1.02 bits per heavy atom. The fourth-order valence-electron chi connectivity index (χ4n) is 6.51. The van der Waals surface area contributed by atoms with Crippen LogP contribution in [0.3, 0.4) is 0 Å². The van der Waals surface area contributed by atoms with Gasteiger partial charge in [0.1, 0.15) is 24.2 Å². The highest BCUT2D eigenvalue weighted by molar-refractivity contribution is 6.18. The number of hydrogen-bond acceptors (Lipinski definition) is 13. The number of hydrogen-bond donors (Lipinski definition) is 5. The first-order chi connectivity index (χ1) is 25.9. The number of benzene rings is 1. The number of phenols is 2. The van der Waals surface area contributed by atoms with E-state index in [1.807, 2.05) is 6.92 Å². The van der Waals surface area contributed by atoms with Gasteiger partial charge in [0.15, 0.2) is 6.10 Å². The van der Waals surface area contributed by atoms with E-state index in [2.05, 4.69) is 5.32 Å². The number of nitrogens with one attached hydrogen (secondary N) is 1. The van der Waals surface area contributed by atoms with Gasteiger partial charge >= 0.3 is 17.9 Å². The Labute approximate surface area is 318 Å². The number of allylic oxidation sites excluding steroid dienone is 4. The maximum Gasteiger partial charge on any atom is 0.335 e. The molecule has 3 aliphatic heterocycles. The largest absolute Gasteiger partial charge is 0.507 e. The molecule has 3 heterocycles. The summed E-state index contributed by atoms with van der Waals surface area (Å²) in [5.41, 5.74) is -1.99. The maximum atomic E-state index is 14.0. The van der Waals surface area contributed by atoms with E-state index in [0.29, 0.717) is 32.1 Å². The van der Waals surface area contributed by atoms with Crippen molar-refractivity contribution in [3.05, 3.63) is 70.2 Å². The summed E-state index contributed by atoms with van der Waals surface area (Å²) in [7, 11) is 0. The van der Waals surface area contributed by atoms with Gasteiger partial charge in [0, 0.05) is 23.1 Å². The fraction of sp³-hybridized carbons (Fsp3) is 0.500. The average molecular weight is 768 g/mol. The molecule has 1 aromatic rings. The summed E-state index contributed by atoms with van der Waals surface area (Å²) in [5, 5.41) is 44.8. The second kappa shape index (κ2) is 17.9. The monoisotopic (exact) mass is 767 g/mol. The van der Waals surface area contributed by atoms with Crippen molar-refractivity contribution in [2.24, 2.45) is 17.8 Å². The molecule has 5 N–H and O–H groups in total. The van der Waals surface area contributed by atoms with Gasteiger partial charge in [-0.1, -0.05) is 32.1 Å². The highest BCUT2D eigenvalue weighted by Gasteiger charge is 2.53. The van der Waals surface area contributed by atoms with Gasteiger partial charge < -0.3 is 44.7 Å². The third kappa shape index (κ3) is 9.89. The van der Waals surface area contributed by atoms with E-state index in [1.54, 1.807) is 25.2 Å². The first-order valence-electron chi connectivity index (χ1n) is 18.2. The van der Waals surface area contributed by atoms with Crippen LogP contribution in [0.25, 0.3) is 0 Å². The van der Waals surface area contributed by atoms with Crippen molar-refractivity contribution in [3.8, 4) is 11.5 Å². The zero-order valence-electron chi connectivity index (χ0n) is 31.7. The van der Waals surface area contributed by atoms with Gasteiger partial charge in [-0.3, -0.25) is 24.0 Å². The Balaban J connectivity index is 1.76. The zero-order valence-corrected chi connectivity index (χ0v) is 31.7. The van der Waals surface area contributed by atoms with Gasteiger partial charge in [0.25, 0.3) is 11.7 Å². The number of aromatic hydroxyl groups is 2. The molecule has 6 unspecified atom stereocenters. The molecular formula is C40H49NO14. The van der Waals surface area contributed by atoms with Gasteiger partial charge in [-0.15, -0.1) is 0 Å². The van der Waals surface area contributed by atoms with Gasteiger partial charge in [0.05, 0.1) is 47.1 Å². The number of aliphatic hydroxyl groups excluding tert-OH is 1. The van der Waals surface area contributed by atoms with Crippen molar-refractivity contribution < 1.29 is 68.1 Å². The third-order valence-corrected chi connectivity index (χ3v) is 9.97. The molecule has 4 bridgehead atoms. The summed E-state index contributed by atoms with van der Waals surface area (Å²) in [6.07, 6.45) is 8.08. The number of aliphatic hydroxyl groups is 1. The lowest BCUT2D eigenvalue weighted by molar-refractivity contribution is -0.160. The number of carboxylic acid groups (broad SMARTS) is 1. The van der Waals surface area contributed by atoms with Crippen molar-refractivity contribution in [1.29, 1.82) is 0 Å². The number of ketones is 2. The van der Waals surface area contributed by atoms with Crippen LogP contribution in [-0.2, 0) is 43.9 Å². The van der Waals surface area contributed by atoms with Crippen molar-refractivity contribution in [2.75, 3.05) is 6.61 Å². The molecule has 1 aliphatic carbocycles. The molecule has 15 heteroatoms. The van der Waals surface area contributed by atoms with E-state index in [-0.39, 0.29) is 17.1 Å². The molecule has 15 nitrogen and oxygen atoms in total. The summed E-state index contributed by atoms with van der Waals surface area (Å²) >= 11 is 0. The van der Waals surface area contributed by atoms with Crippen molar-refractivity contribution in [2.45, 2.75) is 104 Å². The smallest absolute Gasteiger partial charge is 0.335 e. The highest BCUT2D eigenvalue weighted by atomic mass is 16.8. The van der Waals surface area contributed by atoms with Crippen molar-refractivity contribution in [3.63, 3.8) is 0 Å². The fourth-order valence-corrected chi connectivity index (χ4v) is 6.51. The van der Waals surface area contributed by atoms with Crippen LogP contribution in [0, 0.1) is 24.7 Å². The van der Waals surface area contributed by atoms with Crippen molar-refractivity contribution >= 4 is 35.4 Å². The predicted molar refractivity (Wildman–Crippen MR) is 194 cm³/mol. The molecule has 7 atom stereocenters. The van der Waals surface area contributed by atoms with Crippen LogP contribution in [0.2, 0.25) is 0 Å². The topological polar surface area (TPSA) is 232 Å². The molecule has 298 valence electrons. The molecule has 1 amide bonds. The summed E-state index contributed by atoms with van der Waals surface area (Å²) in [6.45, 7) is 8.63. The lowest BCUT2D eigenvalue weighted by Gasteiger charge is -2.33. The second-order valence-electron chi connectivity index (χ2n) is 14.4. The number of carbonyl (C=O) groups is 6. The van der Waals surface area contributed by atoms with Gasteiger partial charge in [-0.25, -0.2) is 4.79 Å². The molecule has 1 aromatic carbocycles. The van der Waals surface area contributed by atoms with E-state index < -0.39 is 118 Å². The van der Waals surface area contributed by atoms with E-state index in [0.717, 1.165) is 6.08 Å². The number of phenolic OH excluding ortho intramolecular Hbond substituents is 2. The highest BCUT2D eigenvalue weighted by Crippen LogP contribution is 2.50. The SMILES string of the molecule is C/C1=C/C=C/C(C(C)OC(=O)[C@@H](C)CC(=O)O)CCC(O)CCC(C)C/C=C/OC(C)C(=O)c2c(O)c(C)c(O)c3c2C2(C=C(NC1=O)C3=O)OCC(=O)O2. The summed E-state index contributed by atoms with van der Waals surface area (Å²) in [5.74, 6) is -10.2. The number of Topliss-reactive ketones (excluding diaryl/α,β-unsaturated/α-hetero) is 2. The Bertz CT molecular complexity index is 1840. The Hall–Kier alpha value is -5.28. The van der Waals surface area contributed by atoms with Gasteiger partial charge in [-0.2, -0.15) is 0 Å². The number of esters is 2. The van der Waals surface area contributed by atoms with Crippen LogP contribution in [0.15, 0.2) is 47.9 Å². The van der Waals surface area contributed by atoms with Gasteiger partial charge in [0.2, 0.25) is 11.6 Å². The number of aliphatic carboxylic acids is 1. The number of ether oxygens (including phenoxy) is 4. The number of amides is 1. The predicted octanol–water partition coefficient (Wildman–Crippen LogP) is 4.55. The first-order valence-corrected chi connectivity index (χ1v) is 18.2. The van der Waals surface area contributed by atoms with Crippen LogP contribution in [-0.4, -0.2) is 80.7 Å². The lowest BCUT2D eigenvalue weighted by atomic mass is 9.80. The van der Waals surface area contributed by atoms with Crippen LogP contribution in [0.4, 0.5) is 0 Å². The summed E-state index contributed by atoms with van der Waals surface area (Å²) in [6, 6.07) is 0. The minimum Gasteiger partial charge on any atom is -0.507 e. The maximum absolute atomic E-state index is 14.0. The molecule has 5 rings (SSSR count). The van der Waals surface area contributed by atoms with Crippen molar-refractivity contribution in [1.82, 2.24) is 5.32 Å². The Kier molecular flexibility index (Phi) is 13.8. The molecule has 0 aromatic heterocycles. The molecule has 1 fully saturated rings. The van der Waals surface area contributed by atoms with Crippen LogP contribution in [0.1, 0.15) is 105 Å². The quantitative estimate of drug-likeness (QED) is 0.259. The van der Waals surface area contributed by atoms with Gasteiger partial charge in [-0.05, 0) is 71.8 Å². The molecule has 0 radical (unpaired) electrons. The first kappa shape index (κ1) is 42.5. The Morgan fingerprint density at radius 2 is 1.69 bits per heavy atom. The standard InChI is InChI=1S/C40H49NO14/c1-20-9-8-16-52-25(6)36(48)31-33-32(35(47)23(4)34(31)46)37(49)28(18-40(33)53-19-30(45)55-40)41-38(50)21(2)10-7-11-26(13-15-27(42)14-12-20)24(5)54-39(51)22(3)17-29(43)44/h7-8,10-11,16,18,20,22,24-27,42,46-47H,9,12-15,17,19H2,1-6H3,(H,41,50)(H,43,44)/b11-7+,16-8+,21-10-/t20?,22-,24?,25?,26?,27?,40?/m0/s1. The number of rotatable bonds is 5. The van der Waals surface area contributed by atoms with E-state index >= 15 is 0 Å². The zero-order chi connectivity index (χ0) is 40.8.